The minimum atomic E-state index is -2.72. The Hall–Kier alpha value is -1.73. The molecular formula is C6H9F2N3O3. The topological polar surface area (TPSA) is 97.8 Å². The van der Waals surface area contributed by atoms with Gasteiger partial charge in [-0.15, -0.1) is 0 Å². The number of oxime groups is 1. The minimum absolute atomic E-state index is 0.645. The summed E-state index contributed by atoms with van der Waals surface area (Å²) in [5.74, 6) is -1.74. The molecule has 0 unspecified atom stereocenters. The number of nitrogens with zero attached hydrogens (tertiary/aromatic N) is 1. The van der Waals surface area contributed by atoms with E-state index in [9.17, 15) is 13.6 Å². The molecule has 0 heterocycles. The van der Waals surface area contributed by atoms with Gasteiger partial charge >= 0.3 is 5.97 Å². The first-order chi connectivity index (χ1) is 6.49. The predicted octanol–water partition coefficient (Wildman–Crippen LogP) is -0.267. The van der Waals surface area contributed by atoms with Gasteiger partial charge in [-0.3, -0.25) is 5.41 Å². The zero-order chi connectivity index (χ0) is 11.1. The maximum Gasteiger partial charge on any atom is 0.363 e. The molecule has 0 spiro atoms. The van der Waals surface area contributed by atoms with Crippen molar-refractivity contribution in [1.29, 1.82) is 5.41 Å². The Labute approximate surface area is 78.2 Å². The van der Waals surface area contributed by atoms with Crippen LogP contribution in [0.25, 0.3) is 0 Å². The van der Waals surface area contributed by atoms with Crippen molar-refractivity contribution in [2.45, 2.75) is 6.43 Å². The van der Waals surface area contributed by atoms with Crippen molar-refractivity contribution >= 4 is 17.5 Å². The molecule has 0 aromatic heterocycles. The number of nitrogens with two attached hydrogens (primary N) is 1. The molecule has 0 saturated heterocycles. The van der Waals surface area contributed by atoms with Crippen molar-refractivity contribution in [3.05, 3.63) is 0 Å². The van der Waals surface area contributed by atoms with Crippen LogP contribution >= 0.6 is 0 Å². The maximum atomic E-state index is 11.6. The van der Waals surface area contributed by atoms with Gasteiger partial charge in [-0.05, 0) is 0 Å². The first kappa shape index (κ1) is 12.3. The van der Waals surface area contributed by atoms with Crippen LogP contribution in [-0.4, -0.2) is 37.7 Å². The van der Waals surface area contributed by atoms with Crippen LogP contribution in [0.5, 0.6) is 0 Å². The fraction of sp³-hybridized carbons (Fsp3) is 0.500. The highest BCUT2D eigenvalue weighted by molar-refractivity contribution is 6.64. The summed E-state index contributed by atoms with van der Waals surface area (Å²) in [7, 11) is 1.04. The van der Waals surface area contributed by atoms with E-state index in [1.807, 2.05) is 0 Å². The van der Waals surface area contributed by atoms with Crippen LogP contribution in [0, 0.1) is 5.41 Å². The van der Waals surface area contributed by atoms with Gasteiger partial charge in [0.2, 0.25) is 5.71 Å². The van der Waals surface area contributed by atoms with Crippen molar-refractivity contribution in [3.8, 4) is 0 Å². The summed E-state index contributed by atoms with van der Waals surface area (Å²) in [5, 5.41) is 9.80. The number of halogens is 2. The van der Waals surface area contributed by atoms with E-state index in [2.05, 4.69) is 14.7 Å². The van der Waals surface area contributed by atoms with Crippen molar-refractivity contribution in [3.63, 3.8) is 0 Å². The number of nitrogens with one attached hydrogen (secondary N) is 1. The molecule has 0 bridgehead atoms. The predicted molar refractivity (Wildman–Crippen MR) is 43.3 cm³/mol. The van der Waals surface area contributed by atoms with Crippen molar-refractivity contribution in [1.82, 2.24) is 0 Å². The van der Waals surface area contributed by atoms with E-state index in [0.717, 1.165) is 7.11 Å². The summed E-state index contributed by atoms with van der Waals surface area (Å²) < 4.78 is 27.3. The molecule has 6 nitrogen and oxygen atoms in total. The molecule has 3 N–H and O–H groups in total. The molecule has 0 atom stereocenters. The summed E-state index contributed by atoms with van der Waals surface area (Å²) in [6.45, 7) is -0.978. The van der Waals surface area contributed by atoms with Crippen molar-refractivity contribution in [2.75, 3.05) is 13.7 Å². The molecule has 0 aromatic rings. The summed E-state index contributed by atoms with van der Waals surface area (Å²) in [6.07, 6.45) is -2.72. The highest BCUT2D eigenvalue weighted by Crippen LogP contribution is 1.94. The van der Waals surface area contributed by atoms with Crippen LogP contribution in [0.2, 0.25) is 0 Å². The molecule has 0 amide bonds. The molecule has 0 aliphatic rings. The Bertz CT molecular complexity index is 255. The third kappa shape index (κ3) is 4.33. The van der Waals surface area contributed by atoms with Gasteiger partial charge in [0.25, 0.3) is 6.43 Å². The second-order valence-electron chi connectivity index (χ2n) is 2.03. The highest BCUT2D eigenvalue weighted by atomic mass is 19.3. The van der Waals surface area contributed by atoms with E-state index in [1.54, 1.807) is 0 Å². The molecule has 14 heavy (non-hydrogen) atoms. The molecule has 0 aliphatic heterocycles. The third-order valence-corrected chi connectivity index (χ3v) is 0.990. The molecule has 8 heteroatoms. The second kappa shape index (κ2) is 5.84. The van der Waals surface area contributed by atoms with Gasteiger partial charge in [0, 0.05) is 0 Å². The Balaban J connectivity index is 4.35. The quantitative estimate of drug-likeness (QED) is 0.282. The number of ether oxygens (including phenoxy) is 1. The van der Waals surface area contributed by atoms with Gasteiger partial charge in [0.1, 0.15) is 0 Å². The number of carbonyl (C=O) groups is 1. The van der Waals surface area contributed by atoms with Gasteiger partial charge in [-0.25, -0.2) is 13.6 Å². The average Bonchev–Trinajstić information content (AvgIpc) is 2.10. The molecule has 0 aromatic carbocycles. The summed E-state index contributed by atoms with van der Waals surface area (Å²) >= 11 is 0. The van der Waals surface area contributed by atoms with E-state index < -0.39 is 30.5 Å². The molecular weight excluding hydrogens is 200 g/mol. The number of rotatable bonds is 5. The Morgan fingerprint density at radius 3 is 2.57 bits per heavy atom. The van der Waals surface area contributed by atoms with Gasteiger partial charge in [0.15, 0.2) is 12.4 Å². The summed E-state index contributed by atoms with van der Waals surface area (Å²) in [4.78, 5) is 14.8. The minimum Gasteiger partial charge on any atom is -0.464 e. The van der Waals surface area contributed by atoms with E-state index >= 15 is 0 Å². The second-order valence-corrected chi connectivity index (χ2v) is 2.03. The van der Waals surface area contributed by atoms with Crippen LogP contribution < -0.4 is 5.73 Å². The van der Waals surface area contributed by atoms with Crippen molar-refractivity contribution in [2.24, 2.45) is 10.9 Å². The van der Waals surface area contributed by atoms with E-state index in [4.69, 9.17) is 11.1 Å². The Morgan fingerprint density at radius 1 is 1.64 bits per heavy atom. The van der Waals surface area contributed by atoms with Crippen LogP contribution in [0.1, 0.15) is 0 Å². The zero-order valence-electron chi connectivity index (χ0n) is 7.29. The molecule has 0 saturated carbocycles. The van der Waals surface area contributed by atoms with E-state index in [0.29, 0.717) is 0 Å². The number of esters is 1. The van der Waals surface area contributed by atoms with Gasteiger partial charge in [0.05, 0.1) is 7.11 Å². The van der Waals surface area contributed by atoms with E-state index in [-0.39, 0.29) is 0 Å². The number of methoxy groups -OCH3 is 1. The Morgan fingerprint density at radius 2 is 2.21 bits per heavy atom. The first-order valence-corrected chi connectivity index (χ1v) is 3.39. The number of carbonyl (C=O) groups excluding carboxylic acids is 1. The number of hydrogen-bond acceptors (Lipinski definition) is 5. The standard InChI is InChI=1S/C6H9F2N3O3/c1-13-6(12)4(5(9)10)11-14-2-3(7)8/h3H,2H2,1H3,(H3,9,10). The highest BCUT2D eigenvalue weighted by Gasteiger charge is 2.16. The normalized spacial score (nSPS) is 11.3. The lowest BCUT2D eigenvalue weighted by atomic mass is 10.3. The maximum absolute atomic E-state index is 11.6. The third-order valence-electron chi connectivity index (χ3n) is 0.990. The molecule has 80 valence electrons. The van der Waals surface area contributed by atoms with Crippen molar-refractivity contribution < 1.29 is 23.1 Å². The van der Waals surface area contributed by atoms with E-state index in [1.165, 1.54) is 0 Å². The number of amidine groups is 1. The van der Waals surface area contributed by atoms with Crippen LogP contribution in [0.4, 0.5) is 8.78 Å². The lowest BCUT2D eigenvalue weighted by Gasteiger charge is -2.02. The first-order valence-electron chi connectivity index (χ1n) is 3.39. The van der Waals surface area contributed by atoms with Crippen LogP contribution in [0.3, 0.4) is 0 Å². The van der Waals surface area contributed by atoms with Gasteiger partial charge in [-0.1, -0.05) is 5.16 Å². The van der Waals surface area contributed by atoms with Gasteiger partial charge in [-0.2, -0.15) is 0 Å². The van der Waals surface area contributed by atoms with Crippen LogP contribution in [-0.2, 0) is 14.4 Å². The summed E-state index contributed by atoms with van der Waals surface area (Å²) in [5.41, 5.74) is 4.27. The molecule has 0 rings (SSSR count). The zero-order valence-corrected chi connectivity index (χ0v) is 7.29. The average molecular weight is 209 g/mol. The Kier molecular flexibility index (Phi) is 5.12. The molecule has 0 radical (unpaired) electrons. The largest absolute Gasteiger partial charge is 0.464 e. The smallest absolute Gasteiger partial charge is 0.363 e. The lowest BCUT2D eigenvalue weighted by molar-refractivity contribution is -0.132. The molecule has 0 aliphatic carbocycles. The monoisotopic (exact) mass is 209 g/mol. The SMILES string of the molecule is COC(=O)C(=NOCC(F)F)C(=N)N. The number of alkyl halides is 2. The van der Waals surface area contributed by atoms with Crippen LogP contribution in [0.15, 0.2) is 5.16 Å². The number of hydrogen-bond donors (Lipinski definition) is 2. The molecule has 0 fully saturated rings. The lowest BCUT2D eigenvalue weighted by Crippen LogP contribution is -2.31. The fourth-order valence-corrected chi connectivity index (χ4v) is 0.451. The fourth-order valence-electron chi connectivity index (χ4n) is 0.451. The summed E-state index contributed by atoms with van der Waals surface area (Å²) in [6, 6.07) is 0. The van der Waals surface area contributed by atoms with Gasteiger partial charge < -0.3 is 15.3 Å².